The molecule has 0 unspecified atom stereocenters. The lowest BCUT2D eigenvalue weighted by Crippen LogP contribution is -2.58. The van der Waals surface area contributed by atoms with E-state index in [4.69, 9.17) is 4.74 Å². The Morgan fingerprint density at radius 3 is 2.64 bits per heavy atom. The zero-order valence-corrected chi connectivity index (χ0v) is 28.3. The van der Waals surface area contributed by atoms with Gasteiger partial charge in [-0.2, -0.15) is 0 Å². The number of sulfonamides is 1. The van der Waals surface area contributed by atoms with Gasteiger partial charge in [-0.25, -0.2) is 22.0 Å². The maximum atomic E-state index is 14.0. The highest BCUT2D eigenvalue weighted by molar-refractivity contribution is 7.91. The van der Waals surface area contributed by atoms with Gasteiger partial charge in [-0.15, -0.1) is 6.58 Å². The molecule has 0 radical (unpaired) electrons. The smallest absolute Gasteiger partial charge is 0.410 e. The summed E-state index contributed by atoms with van der Waals surface area (Å²) in [7, 11) is -3.96. The normalized spacial score (nSPS) is 28.7. The predicted octanol–water partition coefficient (Wildman–Crippen LogP) is 2.50. The lowest BCUT2D eigenvalue weighted by atomic mass is 10.0. The number of carbonyl (C=O) groups is 5. The lowest BCUT2D eigenvalue weighted by molar-refractivity contribution is -0.143. The third kappa shape index (κ3) is 7.54. The molecule has 1 aromatic rings. The van der Waals surface area contributed by atoms with E-state index in [1.165, 1.54) is 11.0 Å². The second kappa shape index (κ2) is 14.1. The SMILES string of the molecule is C=C[C@@H]1C[C@]1(NC(=O)[C@@H]1C[C@@H]2CN1C(=O)[C@H](CC(F)F)NC(=O)CCCCC=Cc1cccc3c1CN(C3)C(=O)O2)C(=O)NS(=O)(=O)C1CC1. The molecule has 0 aromatic heterocycles. The summed E-state index contributed by atoms with van der Waals surface area (Å²) in [5, 5.41) is 4.32. The number of carbonyl (C=O) groups excluding carboxylic acids is 5. The standard InChI is InChI=1S/C34H41F2N5O8S/c1-2-22-16-34(22,32(45)39-50(47,48)24-12-13-24)38-30(43)27-14-23-18-41(27)31(44)26(15-28(35)36)37-29(42)11-6-4-3-5-8-20-9-7-10-21-17-40(19-25(20)21)33(46)49-23/h2,5,7-10,22-24,26-28H,1,3-4,6,11-19H2,(H,37,42)(H,38,43)(H,39,45)/t22-,23-,26+,27+,34-/m1/s1. The number of alkyl halides is 2. The molecule has 1 saturated heterocycles. The fourth-order valence-electron chi connectivity index (χ4n) is 6.97. The number of benzene rings is 1. The van der Waals surface area contributed by atoms with E-state index in [2.05, 4.69) is 21.9 Å². The fourth-order valence-corrected chi connectivity index (χ4v) is 8.33. The molecule has 0 spiro atoms. The molecule has 13 nitrogen and oxygen atoms in total. The Morgan fingerprint density at radius 2 is 1.94 bits per heavy atom. The van der Waals surface area contributed by atoms with Crippen LogP contribution < -0.4 is 15.4 Å². The van der Waals surface area contributed by atoms with Crippen LogP contribution >= 0.6 is 0 Å². The number of amides is 5. The van der Waals surface area contributed by atoms with Gasteiger partial charge in [-0.3, -0.25) is 28.8 Å². The first-order valence-corrected chi connectivity index (χ1v) is 18.5. The zero-order valence-electron chi connectivity index (χ0n) is 27.4. The van der Waals surface area contributed by atoms with E-state index >= 15 is 0 Å². The van der Waals surface area contributed by atoms with E-state index in [9.17, 15) is 41.2 Å². The zero-order chi connectivity index (χ0) is 35.8. The Hall–Kier alpha value is -4.34. The number of ether oxygens (including phenoxy) is 1. The van der Waals surface area contributed by atoms with Crippen LogP contribution in [0.2, 0.25) is 0 Å². The molecule has 3 fully saturated rings. The van der Waals surface area contributed by atoms with Crippen LogP contribution in [-0.4, -0.2) is 89.9 Å². The number of allylic oxidation sites excluding steroid dienone is 1. The van der Waals surface area contributed by atoms with Gasteiger partial charge in [0.1, 0.15) is 23.7 Å². The number of nitrogens with zero attached hydrogens (tertiary/aromatic N) is 2. The van der Waals surface area contributed by atoms with Crippen LogP contribution in [0.4, 0.5) is 13.6 Å². The van der Waals surface area contributed by atoms with Crippen molar-refractivity contribution >= 4 is 45.8 Å². The maximum Gasteiger partial charge on any atom is 0.410 e. The second-order valence-corrected chi connectivity index (χ2v) is 15.6. The molecule has 6 rings (SSSR count). The molecule has 50 heavy (non-hydrogen) atoms. The van der Waals surface area contributed by atoms with Crippen molar-refractivity contribution in [2.75, 3.05) is 6.54 Å². The van der Waals surface area contributed by atoms with Gasteiger partial charge < -0.3 is 20.3 Å². The van der Waals surface area contributed by atoms with E-state index in [1.807, 2.05) is 30.4 Å². The Kier molecular flexibility index (Phi) is 10.0. The van der Waals surface area contributed by atoms with Crippen LogP contribution in [0.15, 0.2) is 36.9 Å². The molecule has 4 bridgehead atoms. The first kappa shape index (κ1) is 35.5. The number of fused-ring (bicyclic) bond motifs is 3. The minimum absolute atomic E-state index is 0.00888. The van der Waals surface area contributed by atoms with E-state index in [0.29, 0.717) is 32.1 Å². The van der Waals surface area contributed by atoms with Crippen molar-refractivity contribution in [3.05, 3.63) is 53.6 Å². The predicted molar refractivity (Wildman–Crippen MR) is 175 cm³/mol. The third-order valence-electron chi connectivity index (χ3n) is 10.0. The van der Waals surface area contributed by atoms with Crippen molar-refractivity contribution in [1.82, 2.24) is 25.2 Å². The van der Waals surface area contributed by atoms with Crippen molar-refractivity contribution in [3.8, 4) is 0 Å². The molecule has 3 aliphatic heterocycles. The van der Waals surface area contributed by atoms with Gasteiger partial charge >= 0.3 is 6.09 Å². The molecule has 16 heteroatoms. The van der Waals surface area contributed by atoms with Gasteiger partial charge in [0.2, 0.25) is 34.2 Å². The lowest BCUT2D eigenvalue weighted by Gasteiger charge is -2.29. The molecule has 5 aliphatic rings. The van der Waals surface area contributed by atoms with Crippen LogP contribution in [0.1, 0.15) is 74.5 Å². The summed E-state index contributed by atoms with van der Waals surface area (Å²) in [5.74, 6) is -4.00. The minimum atomic E-state index is -3.96. The average Bonchev–Trinajstić information content (AvgIpc) is 3.95. The first-order valence-electron chi connectivity index (χ1n) is 16.9. The largest absolute Gasteiger partial charge is 0.444 e. The fraction of sp³-hybridized carbons (Fsp3) is 0.559. The van der Waals surface area contributed by atoms with Crippen LogP contribution in [0.5, 0.6) is 0 Å². The van der Waals surface area contributed by atoms with Crippen molar-refractivity contribution in [1.29, 1.82) is 0 Å². The molecule has 2 aliphatic carbocycles. The molecule has 3 heterocycles. The molecule has 5 atom stereocenters. The molecule has 2 saturated carbocycles. The van der Waals surface area contributed by atoms with Crippen LogP contribution in [0.25, 0.3) is 6.08 Å². The van der Waals surface area contributed by atoms with Crippen molar-refractivity contribution in [3.63, 3.8) is 0 Å². The second-order valence-electron chi connectivity index (χ2n) is 13.7. The Balaban J connectivity index is 1.26. The Labute approximate surface area is 288 Å². The molecule has 270 valence electrons. The van der Waals surface area contributed by atoms with Crippen LogP contribution in [0, 0.1) is 5.92 Å². The summed E-state index contributed by atoms with van der Waals surface area (Å²) < 4.78 is 60.5. The molecular formula is C34H41F2N5O8S. The van der Waals surface area contributed by atoms with Gasteiger partial charge in [-0.1, -0.05) is 36.4 Å². The van der Waals surface area contributed by atoms with E-state index in [1.54, 1.807) is 0 Å². The quantitative estimate of drug-likeness (QED) is 0.345. The Morgan fingerprint density at radius 1 is 1.16 bits per heavy atom. The van der Waals surface area contributed by atoms with Crippen molar-refractivity contribution in [2.24, 2.45) is 5.92 Å². The molecule has 1 aromatic carbocycles. The maximum absolute atomic E-state index is 14.0. The number of hydrogen-bond acceptors (Lipinski definition) is 8. The van der Waals surface area contributed by atoms with Crippen LogP contribution in [0.3, 0.4) is 0 Å². The highest BCUT2D eigenvalue weighted by Crippen LogP contribution is 2.45. The summed E-state index contributed by atoms with van der Waals surface area (Å²) in [6.07, 6.45) is 1.96. The van der Waals surface area contributed by atoms with Gasteiger partial charge in [0.25, 0.3) is 5.91 Å². The number of hydrogen-bond donors (Lipinski definition) is 3. The molecular weight excluding hydrogens is 676 g/mol. The van der Waals surface area contributed by atoms with E-state index in [-0.39, 0.29) is 38.9 Å². The summed E-state index contributed by atoms with van der Waals surface area (Å²) in [4.78, 5) is 69.9. The van der Waals surface area contributed by atoms with E-state index < -0.39 is 87.5 Å². The number of nitrogens with one attached hydrogen (secondary N) is 3. The van der Waals surface area contributed by atoms with Gasteiger partial charge in [0, 0.05) is 31.7 Å². The van der Waals surface area contributed by atoms with Crippen molar-refractivity contribution < 1.29 is 45.9 Å². The van der Waals surface area contributed by atoms with E-state index in [0.717, 1.165) is 21.6 Å². The average molecular weight is 718 g/mol. The first-order chi connectivity index (χ1) is 23.8. The third-order valence-corrected chi connectivity index (χ3v) is 11.8. The topological polar surface area (TPSA) is 171 Å². The molecule has 3 N–H and O–H groups in total. The number of rotatable bonds is 8. The summed E-state index contributed by atoms with van der Waals surface area (Å²) in [5.41, 5.74) is 1.18. The summed E-state index contributed by atoms with van der Waals surface area (Å²) >= 11 is 0. The highest BCUT2D eigenvalue weighted by atomic mass is 32.2. The van der Waals surface area contributed by atoms with Crippen molar-refractivity contribution in [2.45, 2.75) is 106 Å². The van der Waals surface area contributed by atoms with Gasteiger partial charge in [-0.05, 0) is 55.2 Å². The van der Waals surface area contributed by atoms with Gasteiger partial charge in [0.15, 0.2) is 0 Å². The summed E-state index contributed by atoms with van der Waals surface area (Å²) in [6, 6.07) is 2.68. The number of halogens is 2. The minimum Gasteiger partial charge on any atom is -0.444 e. The Bertz CT molecular complexity index is 1720. The van der Waals surface area contributed by atoms with Crippen LogP contribution in [-0.2, 0) is 47.0 Å². The monoisotopic (exact) mass is 717 g/mol. The van der Waals surface area contributed by atoms with Gasteiger partial charge in [0.05, 0.1) is 18.3 Å². The summed E-state index contributed by atoms with van der Waals surface area (Å²) in [6.45, 7) is 3.89. The molecule has 5 amide bonds. The highest BCUT2D eigenvalue weighted by Gasteiger charge is 2.62.